The molecular formula is C28H33N5O4. The molecule has 1 N–H and O–H groups in total. The van der Waals surface area contributed by atoms with Gasteiger partial charge < -0.3 is 9.84 Å². The van der Waals surface area contributed by atoms with Gasteiger partial charge in [0.15, 0.2) is 0 Å². The molecule has 0 spiro atoms. The number of ether oxygens (including phenoxy) is 1. The summed E-state index contributed by atoms with van der Waals surface area (Å²) in [5.74, 6) is 2.27. The summed E-state index contributed by atoms with van der Waals surface area (Å²) in [7, 11) is 1.51. The van der Waals surface area contributed by atoms with Crippen molar-refractivity contribution in [3.8, 4) is 5.75 Å². The maximum absolute atomic E-state index is 10.8. The van der Waals surface area contributed by atoms with Crippen molar-refractivity contribution in [1.82, 2.24) is 0 Å². The Morgan fingerprint density at radius 2 is 1.38 bits per heavy atom. The highest BCUT2D eigenvalue weighted by Crippen LogP contribution is 2.37. The third-order valence-corrected chi connectivity index (χ3v) is 6.28. The predicted molar refractivity (Wildman–Crippen MR) is 144 cm³/mol. The molecule has 3 aromatic rings. The van der Waals surface area contributed by atoms with Crippen molar-refractivity contribution >= 4 is 28.4 Å². The van der Waals surface area contributed by atoms with Crippen LogP contribution >= 0.6 is 0 Å². The molecule has 0 atom stereocenters. The zero-order valence-electron chi connectivity index (χ0n) is 21.8. The molecule has 0 fully saturated rings. The van der Waals surface area contributed by atoms with Gasteiger partial charge in [-0.25, -0.2) is 0 Å². The second-order valence-corrected chi connectivity index (χ2v) is 9.51. The van der Waals surface area contributed by atoms with Gasteiger partial charge in [0, 0.05) is 23.8 Å². The Morgan fingerprint density at radius 3 is 1.86 bits per heavy atom. The highest BCUT2D eigenvalue weighted by atomic mass is 16.6. The van der Waals surface area contributed by atoms with Gasteiger partial charge in [-0.15, -0.1) is 5.11 Å². The lowest BCUT2D eigenvalue weighted by Crippen LogP contribution is -2.18. The first kappa shape index (κ1) is 27.6. The number of benzene rings is 3. The number of nitro groups is 1. The Bertz CT molecular complexity index is 1240. The second-order valence-electron chi connectivity index (χ2n) is 9.51. The van der Waals surface area contributed by atoms with Gasteiger partial charge in [0.05, 0.1) is 35.7 Å². The summed E-state index contributed by atoms with van der Waals surface area (Å²) in [5.41, 5.74) is 3.72. The fourth-order valence-electron chi connectivity index (χ4n) is 4.14. The molecule has 0 bridgehead atoms. The van der Waals surface area contributed by atoms with Gasteiger partial charge >= 0.3 is 0 Å². The predicted octanol–water partition coefficient (Wildman–Crippen LogP) is 8.40. The Hall–Kier alpha value is -3.98. The molecular weight excluding hydrogens is 470 g/mol. The zero-order valence-corrected chi connectivity index (χ0v) is 21.8. The standard InChI is InChI=1S/C28H33N5O4/c1-18(2)25(19(3)4)14-20-6-8-22(9-7-20)30-32-27-15-21(17-34)26(16-28(27)37-5)31-29-23-10-12-24(13-11-23)33(35)36/h6-13,15-16,18-19,25,34H,14,17H2,1-5H3/b31-29+,32-30+. The monoisotopic (exact) mass is 503 g/mol. The van der Waals surface area contributed by atoms with Gasteiger partial charge in [0.25, 0.3) is 5.69 Å². The van der Waals surface area contributed by atoms with E-state index in [2.05, 4.69) is 60.3 Å². The van der Waals surface area contributed by atoms with Crippen molar-refractivity contribution in [2.75, 3.05) is 7.11 Å². The number of hydrogen-bond donors (Lipinski definition) is 1. The van der Waals surface area contributed by atoms with Crippen LogP contribution in [-0.4, -0.2) is 17.1 Å². The Balaban J connectivity index is 1.79. The van der Waals surface area contributed by atoms with Crippen molar-refractivity contribution in [2.24, 2.45) is 38.2 Å². The maximum Gasteiger partial charge on any atom is 0.269 e. The van der Waals surface area contributed by atoms with Crippen molar-refractivity contribution in [2.45, 2.75) is 40.7 Å². The van der Waals surface area contributed by atoms with E-state index in [0.717, 1.165) is 6.42 Å². The summed E-state index contributed by atoms with van der Waals surface area (Å²) in [6.07, 6.45) is 1.02. The number of nitrogens with zero attached hydrogens (tertiary/aromatic N) is 5. The van der Waals surface area contributed by atoms with E-state index in [0.29, 0.717) is 51.8 Å². The van der Waals surface area contributed by atoms with Crippen LogP contribution in [0.15, 0.2) is 81.1 Å². The first-order chi connectivity index (χ1) is 17.7. The average molecular weight is 504 g/mol. The largest absolute Gasteiger partial charge is 0.494 e. The summed E-state index contributed by atoms with van der Waals surface area (Å²) in [4.78, 5) is 10.3. The number of non-ortho nitro benzene ring substituents is 1. The number of azo groups is 2. The number of hydrogen-bond acceptors (Lipinski definition) is 8. The molecule has 0 aromatic heterocycles. The van der Waals surface area contributed by atoms with E-state index in [1.54, 1.807) is 12.1 Å². The fraction of sp³-hybridized carbons (Fsp3) is 0.357. The molecule has 3 aromatic carbocycles. The van der Waals surface area contributed by atoms with E-state index < -0.39 is 4.92 Å². The second kappa shape index (κ2) is 12.8. The minimum absolute atomic E-state index is 0.0312. The third kappa shape index (κ3) is 7.50. The number of methoxy groups -OCH3 is 1. The van der Waals surface area contributed by atoms with E-state index in [1.165, 1.54) is 36.9 Å². The van der Waals surface area contributed by atoms with Crippen LogP contribution in [0, 0.1) is 27.9 Å². The topological polar surface area (TPSA) is 122 Å². The fourth-order valence-corrected chi connectivity index (χ4v) is 4.14. The Kier molecular flexibility index (Phi) is 9.57. The Labute approximate surface area is 217 Å². The lowest BCUT2D eigenvalue weighted by Gasteiger charge is -2.24. The molecule has 0 unspecified atom stereocenters. The van der Waals surface area contributed by atoms with E-state index in [9.17, 15) is 15.2 Å². The molecule has 194 valence electrons. The van der Waals surface area contributed by atoms with Gasteiger partial charge in [-0.05, 0) is 60.1 Å². The normalized spacial score (nSPS) is 11.9. The van der Waals surface area contributed by atoms with Gasteiger partial charge in [-0.3, -0.25) is 10.1 Å². The van der Waals surface area contributed by atoms with Crippen LogP contribution in [0.3, 0.4) is 0 Å². The first-order valence-electron chi connectivity index (χ1n) is 12.2. The average Bonchev–Trinajstić information content (AvgIpc) is 2.89. The number of aliphatic hydroxyl groups is 1. The molecule has 0 aliphatic rings. The van der Waals surface area contributed by atoms with Gasteiger partial charge in [-0.1, -0.05) is 39.8 Å². The summed E-state index contributed by atoms with van der Waals surface area (Å²) in [6, 6.07) is 17.0. The lowest BCUT2D eigenvalue weighted by atomic mass is 9.81. The van der Waals surface area contributed by atoms with Crippen LogP contribution in [0.2, 0.25) is 0 Å². The molecule has 3 rings (SSSR count). The van der Waals surface area contributed by atoms with Crippen LogP contribution in [-0.2, 0) is 13.0 Å². The molecule has 0 saturated heterocycles. The van der Waals surface area contributed by atoms with Crippen LogP contribution in [0.5, 0.6) is 5.75 Å². The van der Waals surface area contributed by atoms with E-state index in [-0.39, 0.29) is 12.3 Å². The molecule has 0 radical (unpaired) electrons. The van der Waals surface area contributed by atoms with Crippen LogP contribution in [0.1, 0.15) is 38.8 Å². The highest BCUT2D eigenvalue weighted by molar-refractivity contribution is 5.63. The number of rotatable bonds is 11. The minimum atomic E-state index is -0.480. The van der Waals surface area contributed by atoms with Gasteiger partial charge in [-0.2, -0.15) is 15.3 Å². The molecule has 0 heterocycles. The summed E-state index contributed by atoms with van der Waals surface area (Å²) >= 11 is 0. The maximum atomic E-state index is 10.8. The SMILES string of the molecule is COc1cc(/N=N/c2ccc([N+](=O)[O-])cc2)c(CO)cc1/N=N/c1ccc(CC(C(C)C)C(C)C)cc1. The first-order valence-corrected chi connectivity index (χ1v) is 12.2. The number of nitro benzene ring substituents is 1. The zero-order chi connectivity index (χ0) is 26.9. The van der Waals surface area contributed by atoms with Gasteiger partial charge in [0.1, 0.15) is 11.4 Å². The minimum Gasteiger partial charge on any atom is -0.494 e. The quantitative estimate of drug-likeness (QED) is 0.160. The van der Waals surface area contributed by atoms with E-state index >= 15 is 0 Å². The van der Waals surface area contributed by atoms with Crippen molar-refractivity contribution < 1.29 is 14.8 Å². The third-order valence-electron chi connectivity index (χ3n) is 6.28. The highest BCUT2D eigenvalue weighted by Gasteiger charge is 2.18. The van der Waals surface area contributed by atoms with E-state index in [1.807, 2.05) is 12.1 Å². The Morgan fingerprint density at radius 1 is 0.838 bits per heavy atom. The molecule has 0 aliphatic carbocycles. The van der Waals surface area contributed by atoms with Crippen molar-refractivity contribution in [1.29, 1.82) is 0 Å². The lowest BCUT2D eigenvalue weighted by molar-refractivity contribution is -0.384. The summed E-state index contributed by atoms with van der Waals surface area (Å²) in [6.45, 7) is 8.78. The van der Waals surface area contributed by atoms with Crippen LogP contribution in [0.4, 0.5) is 28.4 Å². The molecule has 0 amide bonds. The van der Waals surface area contributed by atoms with E-state index in [4.69, 9.17) is 4.74 Å². The molecule has 9 heteroatoms. The molecule has 37 heavy (non-hydrogen) atoms. The summed E-state index contributed by atoms with van der Waals surface area (Å²) < 4.78 is 5.46. The smallest absolute Gasteiger partial charge is 0.269 e. The molecule has 0 saturated carbocycles. The van der Waals surface area contributed by atoms with Crippen molar-refractivity contribution in [3.63, 3.8) is 0 Å². The molecule has 9 nitrogen and oxygen atoms in total. The summed E-state index contributed by atoms with van der Waals surface area (Å²) in [5, 5.41) is 37.7. The molecule has 0 aliphatic heterocycles. The number of aliphatic hydroxyl groups excluding tert-OH is 1. The van der Waals surface area contributed by atoms with Crippen LogP contribution < -0.4 is 4.74 Å². The van der Waals surface area contributed by atoms with Crippen LogP contribution in [0.25, 0.3) is 0 Å². The van der Waals surface area contributed by atoms with Gasteiger partial charge in [0.2, 0.25) is 0 Å². The van der Waals surface area contributed by atoms with Crippen molar-refractivity contribution in [3.05, 3.63) is 81.9 Å².